The maximum Gasteiger partial charge on any atom is 0.410 e. The highest BCUT2D eigenvalue weighted by Crippen LogP contribution is 2.35. The van der Waals surface area contributed by atoms with Gasteiger partial charge in [-0.2, -0.15) is 0 Å². The Morgan fingerprint density at radius 1 is 1.62 bits per heavy atom. The summed E-state index contributed by atoms with van der Waals surface area (Å²) < 4.78 is 5.24. The van der Waals surface area contributed by atoms with Crippen LogP contribution in [0, 0.1) is 5.41 Å². The SMILES string of the molecule is CC(C)(C[C@@H]1OC(=O)N2CCC[C@@H]12)C(=O)O. The molecule has 2 aliphatic heterocycles. The van der Waals surface area contributed by atoms with E-state index in [9.17, 15) is 9.59 Å². The highest BCUT2D eigenvalue weighted by molar-refractivity contribution is 5.74. The fraction of sp³-hybridized carbons (Fsp3) is 0.818. The van der Waals surface area contributed by atoms with Crippen molar-refractivity contribution >= 4 is 12.1 Å². The van der Waals surface area contributed by atoms with Crippen LogP contribution in [0.3, 0.4) is 0 Å². The fourth-order valence-electron chi connectivity index (χ4n) is 2.45. The van der Waals surface area contributed by atoms with E-state index in [-0.39, 0.29) is 18.2 Å². The Morgan fingerprint density at radius 2 is 2.31 bits per heavy atom. The lowest BCUT2D eigenvalue weighted by Crippen LogP contribution is -2.35. The van der Waals surface area contributed by atoms with Crippen molar-refractivity contribution in [1.29, 1.82) is 0 Å². The van der Waals surface area contributed by atoms with Crippen LogP contribution in [0.25, 0.3) is 0 Å². The average Bonchev–Trinajstić information content (AvgIpc) is 2.71. The molecule has 2 saturated heterocycles. The number of amides is 1. The second-order valence-electron chi connectivity index (χ2n) is 5.22. The Labute approximate surface area is 94.4 Å². The number of fused-ring (bicyclic) bond motifs is 1. The molecular weight excluding hydrogens is 210 g/mol. The van der Waals surface area contributed by atoms with Gasteiger partial charge >= 0.3 is 12.1 Å². The summed E-state index contributed by atoms with van der Waals surface area (Å²) in [6.07, 6.45) is 1.75. The van der Waals surface area contributed by atoms with Gasteiger partial charge in [-0.05, 0) is 26.7 Å². The van der Waals surface area contributed by atoms with Gasteiger partial charge in [0.1, 0.15) is 6.10 Å². The largest absolute Gasteiger partial charge is 0.481 e. The normalized spacial score (nSPS) is 29.1. The summed E-state index contributed by atoms with van der Waals surface area (Å²) in [5.41, 5.74) is -0.844. The minimum atomic E-state index is -0.847. The van der Waals surface area contributed by atoms with E-state index in [4.69, 9.17) is 9.84 Å². The zero-order valence-corrected chi connectivity index (χ0v) is 9.60. The minimum Gasteiger partial charge on any atom is -0.481 e. The number of rotatable bonds is 3. The molecule has 2 rings (SSSR count). The van der Waals surface area contributed by atoms with Crippen molar-refractivity contribution in [3.05, 3.63) is 0 Å². The standard InChI is InChI=1S/C11H17NO4/c1-11(2,9(13)14)6-8-7-4-3-5-12(7)10(15)16-8/h7-8H,3-6H2,1-2H3,(H,13,14)/t7-,8-/m0/s1. The number of hydrogen-bond acceptors (Lipinski definition) is 3. The molecule has 1 amide bonds. The third-order valence-electron chi connectivity index (χ3n) is 3.51. The second kappa shape index (κ2) is 3.64. The van der Waals surface area contributed by atoms with Crippen molar-refractivity contribution < 1.29 is 19.4 Å². The molecule has 5 nitrogen and oxygen atoms in total. The molecule has 0 saturated carbocycles. The molecule has 0 aromatic heterocycles. The van der Waals surface area contributed by atoms with Crippen molar-refractivity contribution in [3.63, 3.8) is 0 Å². The van der Waals surface area contributed by atoms with Crippen molar-refractivity contribution in [1.82, 2.24) is 4.90 Å². The van der Waals surface area contributed by atoms with Crippen LogP contribution in [-0.2, 0) is 9.53 Å². The molecule has 0 unspecified atom stereocenters. The third kappa shape index (κ3) is 1.74. The van der Waals surface area contributed by atoms with Gasteiger partial charge in [-0.15, -0.1) is 0 Å². The number of hydrogen-bond donors (Lipinski definition) is 1. The van der Waals surface area contributed by atoms with E-state index in [1.54, 1.807) is 18.7 Å². The van der Waals surface area contributed by atoms with Gasteiger partial charge in [0.15, 0.2) is 0 Å². The highest BCUT2D eigenvalue weighted by Gasteiger charge is 2.47. The lowest BCUT2D eigenvalue weighted by molar-refractivity contribution is -0.148. The van der Waals surface area contributed by atoms with E-state index >= 15 is 0 Å². The Bertz CT molecular complexity index is 326. The Balaban J connectivity index is 2.06. The molecule has 5 heteroatoms. The lowest BCUT2D eigenvalue weighted by Gasteiger charge is -2.24. The summed E-state index contributed by atoms with van der Waals surface area (Å²) in [6, 6.07) is 0.0890. The van der Waals surface area contributed by atoms with E-state index in [1.165, 1.54) is 0 Å². The first-order valence-electron chi connectivity index (χ1n) is 5.62. The van der Waals surface area contributed by atoms with E-state index in [2.05, 4.69) is 0 Å². The zero-order valence-electron chi connectivity index (χ0n) is 9.60. The van der Waals surface area contributed by atoms with Crippen LogP contribution in [0.5, 0.6) is 0 Å². The van der Waals surface area contributed by atoms with Crippen LogP contribution >= 0.6 is 0 Å². The van der Waals surface area contributed by atoms with Crippen molar-refractivity contribution in [2.24, 2.45) is 5.41 Å². The number of cyclic esters (lactones) is 1. The van der Waals surface area contributed by atoms with Crippen LogP contribution in [0.15, 0.2) is 0 Å². The van der Waals surface area contributed by atoms with Gasteiger partial charge in [-0.1, -0.05) is 0 Å². The van der Waals surface area contributed by atoms with Crippen molar-refractivity contribution in [3.8, 4) is 0 Å². The molecule has 0 aromatic rings. The molecule has 2 fully saturated rings. The van der Waals surface area contributed by atoms with Gasteiger partial charge in [0, 0.05) is 13.0 Å². The third-order valence-corrected chi connectivity index (χ3v) is 3.51. The zero-order chi connectivity index (χ0) is 11.9. The van der Waals surface area contributed by atoms with Crippen LogP contribution in [0.1, 0.15) is 33.1 Å². The molecule has 0 bridgehead atoms. The smallest absolute Gasteiger partial charge is 0.410 e. The van der Waals surface area contributed by atoms with Crippen molar-refractivity contribution in [2.45, 2.75) is 45.3 Å². The molecule has 0 aliphatic carbocycles. The number of nitrogens with zero attached hydrogens (tertiary/aromatic N) is 1. The molecule has 2 aliphatic rings. The molecule has 0 aromatic carbocycles. The molecule has 0 radical (unpaired) electrons. The van der Waals surface area contributed by atoms with Crippen LogP contribution < -0.4 is 0 Å². The summed E-state index contributed by atoms with van der Waals surface area (Å²) >= 11 is 0. The number of carbonyl (C=O) groups excluding carboxylic acids is 1. The minimum absolute atomic E-state index is 0.0890. The first-order valence-corrected chi connectivity index (χ1v) is 5.62. The van der Waals surface area contributed by atoms with Gasteiger partial charge < -0.3 is 14.7 Å². The molecule has 16 heavy (non-hydrogen) atoms. The second-order valence-corrected chi connectivity index (χ2v) is 5.22. The summed E-state index contributed by atoms with van der Waals surface area (Å²) in [7, 11) is 0. The first kappa shape index (κ1) is 11.2. The summed E-state index contributed by atoms with van der Waals surface area (Å²) in [6.45, 7) is 4.08. The Hall–Kier alpha value is -1.26. The molecular formula is C11H17NO4. The van der Waals surface area contributed by atoms with E-state index in [1.807, 2.05) is 0 Å². The average molecular weight is 227 g/mol. The molecule has 90 valence electrons. The molecule has 2 atom stereocenters. The fourth-order valence-corrected chi connectivity index (χ4v) is 2.45. The maximum atomic E-state index is 11.5. The molecule has 1 N–H and O–H groups in total. The van der Waals surface area contributed by atoms with Gasteiger partial charge in [-0.3, -0.25) is 4.79 Å². The van der Waals surface area contributed by atoms with Crippen LogP contribution in [-0.4, -0.2) is 40.8 Å². The van der Waals surface area contributed by atoms with Gasteiger partial charge in [-0.25, -0.2) is 4.79 Å². The Morgan fingerprint density at radius 3 is 2.94 bits per heavy atom. The number of carboxylic acids is 1. The number of aliphatic carboxylic acids is 1. The van der Waals surface area contributed by atoms with E-state index < -0.39 is 11.4 Å². The van der Waals surface area contributed by atoms with E-state index in [0.717, 1.165) is 19.4 Å². The number of ether oxygens (including phenoxy) is 1. The maximum absolute atomic E-state index is 11.5. The summed E-state index contributed by atoms with van der Waals surface area (Å²) in [5, 5.41) is 9.05. The summed E-state index contributed by atoms with van der Waals surface area (Å²) in [5.74, 6) is -0.847. The van der Waals surface area contributed by atoms with Crippen LogP contribution in [0.4, 0.5) is 4.79 Å². The monoisotopic (exact) mass is 227 g/mol. The molecule has 0 spiro atoms. The Kier molecular flexibility index (Phi) is 2.56. The van der Waals surface area contributed by atoms with Gasteiger partial charge in [0.2, 0.25) is 0 Å². The molecule has 2 heterocycles. The van der Waals surface area contributed by atoms with Crippen molar-refractivity contribution in [2.75, 3.05) is 6.54 Å². The van der Waals surface area contributed by atoms with E-state index in [0.29, 0.717) is 6.42 Å². The van der Waals surface area contributed by atoms with Crippen LogP contribution in [0.2, 0.25) is 0 Å². The highest BCUT2D eigenvalue weighted by atomic mass is 16.6. The van der Waals surface area contributed by atoms with Gasteiger partial charge in [0.05, 0.1) is 11.5 Å². The summed E-state index contributed by atoms with van der Waals surface area (Å²) in [4.78, 5) is 24.2. The topological polar surface area (TPSA) is 66.8 Å². The number of carboxylic acid groups (broad SMARTS) is 1. The number of carbonyl (C=O) groups is 2. The van der Waals surface area contributed by atoms with Gasteiger partial charge in [0.25, 0.3) is 0 Å². The predicted molar refractivity (Wildman–Crippen MR) is 56.0 cm³/mol. The quantitative estimate of drug-likeness (QED) is 0.792. The lowest BCUT2D eigenvalue weighted by atomic mass is 9.84. The predicted octanol–water partition coefficient (Wildman–Crippen LogP) is 1.47. The first-order chi connectivity index (χ1) is 7.42.